The van der Waals surface area contributed by atoms with Gasteiger partial charge >= 0.3 is 0 Å². The number of thiophene rings is 1. The normalized spacial score (nSPS) is 13.7. The zero-order chi connectivity index (χ0) is 12.3. The number of sulfonamides is 1. The van der Waals surface area contributed by atoms with Gasteiger partial charge in [-0.2, -0.15) is 16.4 Å². The molecule has 0 bridgehead atoms. The van der Waals surface area contributed by atoms with Gasteiger partial charge in [0.2, 0.25) is 10.0 Å². The molecule has 0 saturated carbocycles. The summed E-state index contributed by atoms with van der Waals surface area (Å²) in [5, 5.41) is 8.12. The molecule has 0 fully saturated rings. The molecule has 5 nitrogen and oxygen atoms in total. The molecule has 0 aromatic carbocycles. The smallest absolute Gasteiger partial charge is 0.208 e. The Kier molecular flexibility index (Phi) is 3.60. The Bertz CT molecular complexity index is 512. The monoisotopic (exact) mass is 271 g/mol. The first-order valence-corrected chi connectivity index (χ1v) is 7.85. The topological polar surface area (TPSA) is 64.0 Å². The van der Waals surface area contributed by atoms with Crippen molar-refractivity contribution < 1.29 is 8.42 Å². The second kappa shape index (κ2) is 4.99. The summed E-state index contributed by atoms with van der Waals surface area (Å²) in [6, 6.07) is 3.69. The van der Waals surface area contributed by atoms with Crippen LogP contribution < -0.4 is 4.72 Å². The first-order chi connectivity index (χ1) is 8.06. The minimum atomic E-state index is -3.19. The van der Waals surface area contributed by atoms with Crippen molar-refractivity contribution in [2.45, 2.75) is 6.04 Å². The summed E-state index contributed by atoms with van der Waals surface area (Å²) >= 11 is 1.58. The van der Waals surface area contributed by atoms with Gasteiger partial charge in [-0.15, -0.1) is 0 Å². The molecule has 0 aliphatic heterocycles. The maximum absolute atomic E-state index is 11.1. The molecule has 2 aromatic heterocycles. The van der Waals surface area contributed by atoms with E-state index in [1.54, 1.807) is 22.2 Å². The molecule has 1 unspecified atom stereocenters. The summed E-state index contributed by atoms with van der Waals surface area (Å²) in [4.78, 5) is 0. The van der Waals surface area contributed by atoms with Crippen molar-refractivity contribution in [1.82, 2.24) is 14.5 Å². The fourth-order valence-corrected chi connectivity index (χ4v) is 2.69. The van der Waals surface area contributed by atoms with Crippen molar-refractivity contribution in [3.8, 4) is 0 Å². The van der Waals surface area contributed by atoms with E-state index in [2.05, 4.69) is 9.82 Å². The van der Waals surface area contributed by atoms with Crippen LogP contribution in [0.1, 0.15) is 11.6 Å². The molecule has 0 aliphatic carbocycles. The van der Waals surface area contributed by atoms with Gasteiger partial charge in [0.15, 0.2) is 0 Å². The van der Waals surface area contributed by atoms with Crippen LogP contribution in [0.15, 0.2) is 35.3 Å². The molecule has 0 radical (unpaired) electrons. The number of nitrogens with one attached hydrogen (secondary N) is 1. The molecule has 0 aliphatic rings. The van der Waals surface area contributed by atoms with Gasteiger partial charge in [0.25, 0.3) is 0 Å². The van der Waals surface area contributed by atoms with Crippen molar-refractivity contribution in [3.63, 3.8) is 0 Å². The molecule has 1 atom stereocenters. The van der Waals surface area contributed by atoms with Gasteiger partial charge in [-0.1, -0.05) is 0 Å². The van der Waals surface area contributed by atoms with E-state index in [1.165, 1.54) is 0 Å². The Hall–Kier alpha value is -1.18. The van der Waals surface area contributed by atoms with Gasteiger partial charge in [0, 0.05) is 18.9 Å². The van der Waals surface area contributed by atoms with E-state index in [1.807, 2.05) is 29.1 Å². The van der Waals surface area contributed by atoms with Crippen molar-refractivity contribution >= 4 is 21.4 Å². The number of nitrogens with zero attached hydrogens (tertiary/aromatic N) is 2. The molecule has 17 heavy (non-hydrogen) atoms. The van der Waals surface area contributed by atoms with E-state index in [0.717, 1.165) is 11.8 Å². The second-order valence-electron chi connectivity index (χ2n) is 3.68. The van der Waals surface area contributed by atoms with E-state index in [-0.39, 0.29) is 6.04 Å². The highest BCUT2D eigenvalue weighted by molar-refractivity contribution is 7.88. The molecule has 0 saturated heterocycles. The Morgan fingerprint density at radius 2 is 2.41 bits per heavy atom. The van der Waals surface area contributed by atoms with Crippen LogP contribution in [0.5, 0.6) is 0 Å². The Morgan fingerprint density at radius 1 is 1.59 bits per heavy atom. The third kappa shape index (κ3) is 3.39. The van der Waals surface area contributed by atoms with E-state index < -0.39 is 10.0 Å². The molecule has 2 heterocycles. The average molecular weight is 271 g/mol. The van der Waals surface area contributed by atoms with E-state index in [4.69, 9.17) is 0 Å². The first kappa shape index (κ1) is 12.3. The van der Waals surface area contributed by atoms with Crippen LogP contribution in [0, 0.1) is 0 Å². The van der Waals surface area contributed by atoms with Crippen LogP contribution in [0.3, 0.4) is 0 Å². The summed E-state index contributed by atoms with van der Waals surface area (Å²) in [7, 11) is -3.19. The lowest BCUT2D eigenvalue weighted by Gasteiger charge is -2.16. The van der Waals surface area contributed by atoms with Crippen LogP contribution in [-0.2, 0) is 10.0 Å². The molecular weight excluding hydrogens is 258 g/mol. The summed E-state index contributed by atoms with van der Waals surface area (Å²) < 4.78 is 26.5. The summed E-state index contributed by atoms with van der Waals surface area (Å²) in [6.07, 6.45) is 4.66. The van der Waals surface area contributed by atoms with Crippen molar-refractivity contribution in [2.24, 2.45) is 0 Å². The summed E-state index contributed by atoms with van der Waals surface area (Å²) in [6.45, 7) is 0.303. The lowest BCUT2D eigenvalue weighted by atomic mass is 10.1. The third-order valence-electron chi connectivity index (χ3n) is 2.31. The van der Waals surface area contributed by atoms with Crippen LogP contribution in [0.2, 0.25) is 0 Å². The van der Waals surface area contributed by atoms with E-state index >= 15 is 0 Å². The highest BCUT2D eigenvalue weighted by atomic mass is 32.2. The Labute approximate surface area is 104 Å². The van der Waals surface area contributed by atoms with Gasteiger partial charge < -0.3 is 0 Å². The number of aromatic nitrogens is 2. The predicted octanol–water partition coefficient (Wildman–Crippen LogP) is 1.08. The van der Waals surface area contributed by atoms with Gasteiger partial charge in [0.1, 0.15) is 0 Å². The molecule has 1 N–H and O–H groups in total. The van der Waals surface area contributed by atoms with E-state index in [0.29, 0.717) is 6.54 Å². The van der Waals surface area contributed by atoms with Crippen molar-refractivity contribution in [3.05, 3.63) is 40.8 Å². The standard InChI is InChI=1S/C10H13N3O2S2/c1-17(14,15)12-7-10(9-3-6-16-8-9)13-5-2-4-11-13/h2-6,8,10,12H,7H2,1H3. The molecule has 2 aromatic rings. The van der Waals surface area contributed by atoms with Crippen LogP contribution >= 0.6 is 11.3 Å². The maximum atomic E-state index is 11.1. The fraction of sp³-hybridized carbons (Fsp3) is 0.300. The molecule has 2 rings (SSSR count). The van der Waals surface area contributed by atoms with Gasteiger partial charge in [0.05, 0.1) is 12.3 Å². The van der Waals surface area contributed by atoms with Gasteiger partial charge in [-0.3, -0.25) is 4.68 Å². The van der Waals surface area contributed by atoms with Gasteiger partial charge in [-0.25, -0.2) is 13.1 Å². The second-order valence-corrected chi connectivity index (χ2v) is 6.29. The van der Waals surface area contributed by atoms with E-state index in [9.17, 15) is 8.42 Å². The predicted molar refractivity (Wildman–Crippen MR) is 67.5 cm³/mol. The zero-order valence-corrected chi connectivity index (χ0v) is 10.9. The largest absolute Gasteiger partial charge is 0.264 e. The minimum Gasteiger partial charge on any atom is -0.264 e. The van der Waals surface area contributed by atoms with Crippen LogP contribution in [-0.4, -0.2) is 31.0 Å². The van der Waals surface area contributed by atoms with Gasteiger partial charge in [-0.05, 0) is 28.5 Å². The van der Waals surface area contributed by atoms with Crippen molar-refractivity contribution in [1.29, 1.82) is 0 Å². The highest BCUT2D eigenvalue weighted by Crippen LogP contribution is 2.19. The maximum Gasteiger partial charge on any atom is 0.208 e. The Balaban J connectivity index is 2.20. The molecule has 0 amide bonds. The minimum absolute atomic E-state index is 0.106. The fourth-order valence-electron chi connectivity index (χ4n) is 1.52. The molecular formula is C10H13N3O2S2. The highest BCUT2D eigenvalue weighted by Gasteiger charge is 2.16. The Morgan fingerprint density at radius 3 is 2.94 bits per heavy atom. The number of hydrogen-bond acceptors (Lipinski definition) is 4. The third-order valence-corrected chi connectivity index (χ3v) is 3.70. The molecule has 92 valence electrons. The lowest BCUT2D eigenvalue weighted by Crippen LogP contribution is -2.30. The number of hydrogen-bond donors (Lipinski definition) is 1. The van der Waals surface area contributed by atoms with Crippen molar-refractivity contribution in [2.75, 3.05) is 12.8 Å². The lowest BCUT2D eigenvalue weighted by molar-refractivity contribution is 0.508. The average Bonchev–Trinajstić information content (AvgIpc) is 2.86. The summed E-state index contributed by atoms with van der Waals surface area (Å²) in [5.74, 6) is 0. The zero-order valence-electron chi connectivity index (χ0n) is 9.28. The van der Waals surface area contributed by atoms with Crippen LogP contribution in [0.4, 0.5) is 0 Å². The van der Waals surface area contributed by atoms with Crippen LogP contribution in [0.25, 0.3) is 0 Å². The summed E-state index contributed by atoms with van der Waals surface area (Å²) in [5.41, 5.74) is 1.05. The molecule has 0 spiro atoms. The first-order valence-electron chi connectivity index (χ1n) is 5.02. The quantitative estimate of drug-likeness (QED) is 0.885. The SMILES string of the molecule is CS(=O)(=O)NCC(c1ccsc1)n1cccn1. The molecule has 7 heteroatoms. The number of rotatable bonds is 5.